The van der Waals surface area contributed by atoms with Crippen LogP contribution in [0, 0.1) is 5.92 Å². The van der Waals surface area contributed by atoms with Crippen LogP contribution in [0.4, 0.5) is 0 Å². The summed E-state index contributed by atoms with van der Waals surface area (Å²) in [7, 11) is -4.64. The first-order valence-electron chi connectivity index (χ1n) is 13.2. The zero-order valence-electron chi connectivity index (χ0n) is 22.3. The number of rotatable bonds is 10. The third-order valence-electron chi connectivity index (χ3n) is 6.81. The van der Waals surface area contributed by atoms with E-state index in [0.29, 0.717) is 25.4 Å². The van der Waals surface area contributed by atoms with Crippen LogP contribution in [-0.4, -0.2) is 68.2 Å². The van der Waals surface area contributed by atoms with Crippen molar-refractivity contribution in [1.29, 1.82) is 0 Å². The molecule has 3 rings (SSSR count). The fourth-order valence-corrected chi connectivity index (χ4v) is 5.21. The molecule has 1 saturated heterocycles. The van der Waals surface area contributed by atoms with Crippen molar-refractivity contribution in [2.75, 3.05) is 6.61 Å². The van der Waals surface area contributed by atoms with Crippen molar-refractivity contribution in [3.05, 3.63) is 35.9 Å². The fraction of sp³-hybridized carbons (Fsp3) is 0.654. The van der Waals surface area contributed by atoms with Gasteiger partial charge in [0.1, 0.15) is 18.7 Å². The van der Waals surface area contributed by atoms with Gasteiger partial charge in [-0.2, -0.15) is 0 Å². The summed E-state index contributed by atoms with van der Waals surface area (Å²) in [4.78, 5) is 62.4. The smallest absolute Gasteiger partial charge is 0.465 e. The Kier molecular flexibility index (Phi) is 12.9. The molecule has 1 aliphatic carbocycles. The van der Waals surface area contributed by atoms with Gasteiger partial charge in [-0.25, -0.2) is 9.36 Å². The van der Waals surface area contributed by atoms with Crippen molar-refractivity contribution in [2.24, 2.45) is 5.92 Å². The number of benzene rings is 1. The summed E-state index contributed by atoms with van der Waals surface area (Å²) in [5, 5.41) is 3.17. The molecule has 11 nitrogen and oxygen atoms in total. The van der Waals surface area contributed by atoms with Crippen LogP contribution in [0.2, 0.25) is 0 Å². The number of nitrogens with one attached hydrogen (secondary N) is 1. The van der Waals surface area contributed by atoms with Gasteiger partial charge in [-0.15, -0.1) is 0 Å². The quantitative estimate of drug-likeness (QED) is 0.249. The number of esters is 2. The molecule has 38 heavy (non-hydrogen) atoms. The Morgan fingerprint density at radius 2 is 1.71 bits per heavy atom. The van der Waals surface area contributed by atoms with E-state index < -0.39 is 25.9 Å². The number of carbonyl (C=O) groups is 3. The van der Waals surface area contributed by atoms with Crippen molar-refractivity contribution in [2.45, 2.75) is 96.5 Å². The van der Waals surface area contributed by atoms with Crippen LogP contribution in [0.1, 0.15) is 71.3 Å². The van der Waals surface area contributed by atoms with Gasteiger partial charge in [0, 0.05) is 6.04 Å². The minimum Gasteiger partial charge on any atom is -0.465 e. The molecule has 1 aliphatic heterocycles. The van der Waals surface area contributed by atoms with Crippen LogP contribution in [0.5, 0.6) is 0 Å². The van der Waals surface area contributed by atoms with Crippen LogP contribution < -0.4 is 5.32 Å². The number of phosphoric acid groups is 1. The molecular formula is C26H41N2O9P. The van der Waals surface area contributed by atoms with Gasteiger partial charge in [-0.1, -0.05) is 56.5 Å². The third kappa shape index (κ3) is 10.1. The largest absolute Gasteiger partial charge is 0.466 e. The highest BCUT2D eigenvalue weighted by atomic mass is 31.2. The monoisotopic (exact) mass is 556 g/mol. The molecule has 1 heterocycles. The van der Waals surface area contributed by atoms with E-state index in [4.69, 9.17) is 28.7 Å². The molecule has 0 aromatic heterocycles. The normalized spacial score (nSPS) is 22.4. The molecule has 0 unspecified atom stereocenters. The highest BCUT2D eigenvalue weighted by Crippen LogP contribution is 2.40. The Hall–Kier alpha value is -2.30. The second-order valence-corrected chi connectivity index (χ2v) is 10.7. The van der Waals surface area contributed by atoms with Gasteiger partial charge in [-0.3, -0.25) is 14.9 Å². The van der Waals surface area contributed by atoms with E-state index in [1.807, 2.05) is 37.3 Å². The molecule has 1 amide bonds. The molecule has 2 aliphatic rings. The molecule has 214 valence electrons. The van der Waals surface area contributed by atoms with Gasteiger partial charge in [0.05, 0.1) is 12.6 Å². The lowest BCUT2D eigenvalue weighted by molar-refractivity contribution is -0.157. The maximum atomic E-state index is 13.6. The first-order chi connectivity index (χ1) is 18.0. The molecule has 1 aromatic rings. The third-order valence-corrected chi connectivity index (χ3v) is 6.81. The van der Waals surface area contributed by atoms with E-state index in [0.717, 1.165) is 37.7 Å². The molecule has 1 saturated carbocycles. The van der Waals surface area contributed by atoms with E-state index in [-0.39, 0.29) is 30.5 Å². The summed E-state index contributed by atoms with van der Waals surface area (Å²) >= 11 is 0. The lowest BCUT2D eigenvalue weighted by atomic mass is 9.84. The van der Waals surface area contributed by atoms with E-state index in [2.05, 4.69) is 5.32 Å². The summed E-state index contributed by atoms with van der Waals surface area (Å²) in [6.07, 6.45) is 6.14. The van der Waals surface area contributed by atoms with Gasteiger partial charge in [-0.05, 0) is 51.0 Å². The number of ether oxygens (including phenoxy) is 2. The van der Waals surface area contributed by atoms with Gasteiger partial charge < -0.3 is 29.1 Å². The molecule has 12 heteroatoms. The second kappa shape index (κ2) is 15.3. The Labute approximate surface area is 224 Å². The van der Waals surface area contributed by atoms with E-state index in [1.54, 1.807) is 18.7 Å². The number of nitrogens with zero attached hydrogens (tertiary/aromatic N) is 1. The average Bonchev–Trinajstić information content (AvgIpc) is 3.26. The number of likely N-dealkylation sites (tertiary alicyclic amines) is 1. The topological polar surface area (TPSA) is 163 Å². The molecule has 4 N–H and O–H groups in total. The number of amides is 1. The van der Waals surface area contributed by atoms with E-state index in [9.17, 15) is 14.4 Å². The summed E-state index contributed by atoms with van der Waals surface area (Å²) < 4.78 is 19.7. The van der Waals surface area contributed by atoms with E-state index in [1.165, 1.54) is 0 Å². The summed E-state index contributed by atoms with van der Waals surface area (Å²) in [5.41, 5.74) is 0.922. The van der Waals surface area contributed by atoms with E-state index >= 15 is 0 Å². The first kappa shape index (κ1) is 31.9. The second-order valence-electron chi connectivity index (χ2n) is 9.70. The van der Waals surface area contributed by atoms with Crippen molar-refractivity contribution in [1.82, 2.24) is 10.2 Å². The highest BCUT2D eigenvalue weighted by Gasteiger charge is 2.49. The van der Waals surface area contributed by atoms with Crippen LogP contribution in [0.25, 0.3) is 0 Å². The number of fused-ring (bicyclic) bond motifs is 1. The fourth-order valence-electron chi connectivity index (χ4n) is 5.21. The lowest BCUT2D eigenvalue weighted by Crippen LogP contribution is -2.55. The summed E-state index contributed by atoms with van der Waals surface area (Å²) in [5.74, 6) is -0.503. The van der Waals surface area contributed by atoms with Crippen molar-refractivity contribution in [3.63, 3.8) is 0 Å². The molecule has 5 atom stereocenters. The van der Waals surface area contributed by atoms with Gasteiger partial charge in [0.25, 0.3) is 0 Å². The number of hydrogen-bond donors (Lipinski definition) is 4. The Bertz CT molecular complexity index is 947. The standard InChI is InChI=1S/C26H38N2O5.H3O4P/c1-4-11-21(25(30)32-5-2)27-18(3)24(29)28-22-15-10-9-14-20(22)16-23(28)26(31)33-17-19-12-7-6-8-13-19;1-5(2,3)4/h6-8,12-13,18,20-23,27H,4-5,9-11,14-17H2,1-3H3;(H3,1,2,3,4)/t18-,20-,21-,22-,23-;/m0./s1. The number of carbonyl (C=O) groups excluding carboxylic acids is 3. The van der Waals surface area contributed by atoms with Crippen molar-refractivity contribution in [3.8, 4) is 0 Å². The lowest BCUT2D eigenvalue weighted by Gasteiger charge is -2.35. The molecular weight excluding hydrogens is 515 g/mol. The zero-order valence-corrected chi connectivity index (χ0v) is 23.2. The van der Waals surface area contributed by atoms with Crippen LogP contribution in [-0.2, 0) is 35.0 Å². The van der Waals surface area contributed by atoms with Crippen molar-refractivity contribution >= 4 is 25.7 Å². The van der Waals surface area contributed by atoms with Gasteiger partial charge in [0.2, 0.25) is 5.91 Å². The summed E-state index contributed by atoms with van der Waals surface area (Å²) in [6, 6.07) is 7.91. The highest BCUT2D eigenvalue weighted by molar-refractivity contribution is 7.45. The van der Waals surface area contributed by atoms with Crippen LogP contribution in [0.15, 0.2) is 30.3 Å². The minimum absolute atomic E-state index is 0.0528. The maximum Gasteiger partial charge on any atom is 0.466 e. The average molecular weight is 557 g/mol. The van der Waals surface area contributed by atoms with Gasteiger partial charge in [0.15, 0.2) is 0 Å². The maximum absolute atomic E-state index is 13.6. The SMILES string of the molecule is CCC[C@H](N[C@@H](C)C(=O)N1[C@H](C(=O)OCc2ccccc2)C[C@@H]2CCCC[C@@H]21)C(=O)OCC.O=P(O)(O)O. The number of hydrogen-bond acceptors (Lipinski definition) is 7. The van der Waals surface area contributed by atoms with Crippen LogP contribution in [0.3, 0.4) is 0 Å². The Morgan fingerprint density at radius 3 is 2.32 bits per heavy atom. The zero-order chi connectivity index (χ0) is 28.3. The molecule has 0 bridgehead atoms. The predicted molar refractivity (Wildman–Crippen MR) is 139 cm³/mol. The summed E-state index contributed by atoms with van der Waals surface area (Å²) in [6.45, 7) is 6.03. The van der Waals surface area contributed by atoms with Crippen LogP contribution >= 0.6 is 7.82 Å². The minimum atomic E-state index is -4.64. The Balaban J connectivity index is 0.000000926. The van der Waals surface area contributed by atoms with Crippen molar-refractivity contribution < 1.29 is 43.1 Å². The molecule has 2 fully saturated rings. The van der Waals surface area contributed by atoms with Gasteiger partial charge >= 0.3 is 19.8 Å². The molecule has 1 aromatic carbocycles. The first-order valence-corrected chi connectivity index (χ1v) is 14.8. The molecule has 0 spiro atoms. The molecule has 0 radical (unpaired) electrons. The predicted octanol–water partition coefficient (Wildman–Crippen LogP) is 2.67. The Morgan fingerprint density at radius 1 is 1.08 bits per heavy atom.